The Hall–Kier alpha value is -3.78. The molecular weight excluding hydrogens is 450 g/mol. The van der Waals surface area contributed by atoms with E-state index in [4.69, 9.17) is 9.47 Å². The minimum absolute atomic E-state index is 0.0802. The van der Waals surface area contributed by atoms with E-state index in [-0.39, 0.29) is 17.2 Å². The minimum atomic E-state index is -0.332. The van der Waals surface area contributed by atoms with Gasteiger partial charge in [-0.25, -0.2) is 5.43 Å². The Labute approximate surface area is 202 Å². The van der Waals surface area contributed by atoms with Gasteiger partial charge in [-0.15, -0.1) is 11.8 Å². The molecule has 1 aliphatic heterocycles. The highest BCUT2D eigenvalue weighted by Crippen LogP contribution is 2.39. The van der Waals surface area contributed by atoms with Crippen molar-refractivity contribution in [3.63, 3.8) is 0 Å². The van der Waals surface area contributed by atoms with Gasteiger partial charge >= 0.3 is 0 Å². The molecule has 0 unspecified atom stereocenters. The summed E-state index contributed by atoms with van der Waals surface area (Å²) in [5.41, 5.74) is 5.76. The fraction of sp³-hybridized carbons (Fsp3) is 0.192. The van der Waals surface area contributed by atoms with Crippen molar-refractivity contribution in [2.45, 2.75) is 11.9 Å². The lowest BCUT2D eigenvalue weighted by Crippen LogP contribution is -2.27. The molecule has 1 atom stereocenters. The van der Waals surface area contributed by atoms with E-state index in [1.54, 1.807) is 56.3 Å². The maximum Gasteiger partial charge on any atom is 0.271 e. The van der Waals surface area contributed by atoms with Crippen LogP contribution in [0.1, 0.15) is 32.4 Å². The Bertz CT molecular complexity index is 1180. The second-order valence-electron chi connectivity index (χ2n) is 7.60. The number of nitrogens with one attached hydrogen (secondary N) is 1. The number of benzene rings is 3. The van der Waals surface area contributed by atoms with Crippen LogP contribution in [0.2, 0.25) is 0 Å². The smallest absolute Gasteiger partial charge is 0.271 e. The van der Waals surface area contributed by atoms with E-state index in [0.717, 1.165) is 11.1 Å². The number of hydrogen-bond donors (Lipinski definition) is 1. The molecule has 3 aromatic rings. The average molecular weight is 476 g/mol. The molecule has 2 amide bonds. The van der Waals surface area contributed by atoms with Crippen molar-refractivity contribution in [1.29, 1.82) is 0 Å². The molecule has 0 bridgehead atoms. The lowest BCUT2D eigenvalue weighted by molar-refractivity contribution is -0.128. The summed E-state index contributed by atoms with van der Waals surface area (Å²) in [5, 5.41) is 3.97. The molecule has 1 fully saturated rings. The summed E-state index contributed by atoms with van der Waals surface area (Å²) in [7, 11) is 3.14. The molecule has 1 N–H and O–H groups in total. The van der Waals surface area contributed by atoms with Crippen LogP contribution in [-0.4, -0.2) is 42.9 Å². The highest BCUT2D eigenvalue weighted by atomic mass is 32.2. The van der Waals surface area contributed by atoms with Crippen molar-refractivity contribution in [3.8, 4) is 11.5 Å². The van der Waals surface area contributed by atoms with Gasteiger partial charge in [-0.2, -0.15) is 5.10 Å². The van der Waals surface area contributed by atoms with E-state index in [0.29, 0.717) is 34.9 Å². The topological polar surface area (TPSA) is 80.2 Å². The zero-order valence-electron chi connectivity index (χ0n) is 18.9. The predicted molar refractivity (Wildman–Crippen MR) is 133 cm³/mol. The third-order valence-corrected chi connectivity index (χ3v) is 6.68. The molecule has 8 heteroatoms. The number of carbonyl (C=O) groups is 2. The fourth-order valence-corrected chi connectivity index (χ4v) is 4.83. The minimum Gasteiger partial charge on any atom is -0.497 e. The van der Waals surface area contributed by atoms with Crippen molar-refractivity contribution in [3.05, 3.63) is 95.1 Å². The van der Waals surface area contributed by atoms with Crippen molar-refractivity contribution in [2.75, 3.05) is 20.0 Å². The summed E-state index contributed by atoms with van der Waals surface area (Å²) in [5.74, 6) is 1.51. The highest BCUT2D eigenvalue weighted by molar-refractivity contribution is 8.00. The van der Waals surface area contributed by atoms with Crippen LogP contribution in [0, 0.1) is 0 Å². The molecule has 1 aliphatic rings. The first-order chi connectivity index (χ1) is 16.6. The van der Waals surface area contributed by atoms with Crippen LogP contribution in [-0.2, 0) is 11.3 Å². The van der Waals surface area contributed by atoms with Gasteiger partial charge in [0.25, 0.3) is 5.91 Å². The Kier molecular flexibility index (Phi) is 7.49. The highest BCUT2D eigenvalue weighted by Gasteiger charge is 2.32. The second-order valence-corrected chi connectivity index (χ2v) is 8.67. The number of carbonyl (C=O) groups excluding carboxylic acids is 2. The predicted octanol–water partition coefficient (Wildman–Crippen LogP) is 4.24. The second kappa shape index (κ2) is 10.9. The molecule has 4 rings (SSSR count). The lowest BCUT2D eigenvalue weighted by atomic mass is 10.1. The Morgan fingerprint density at radius 2 is 1.85 bits per heavy atom. The van der Waals surface area contributed by atoms with Gasteiger partial charge in [-0.3, -0.25) is 9.59 Å². The quantitative estimate of drug-likeness (QED) is 0.389. The molecule has 1 saturated heterocycles. The largest absolute Gasteiger partial charge is 0.497 e. The van der Waals surface area contributed by atoms with Gasteiger partial charge in [0, 0.05) is 17.7 Å². The van der Waals surface area contributed by atoms with E-state index < -0.39 is 0 Å². The van der Waals surface area contributed by atoms with Gasteiger partial charge in [-0.05, 0) is 41.5 Å². The normalized spacial score (nSPS) is 15.5. The number of methoxy groups -OCH3 is 2. The van der Waals surface area contributed by atoms with Crippen molar-refractivity contribution in [1.82, 2.24) is 10.3 Å². The van der Waals surface area contributed by atoms with Gasteiger partial charge in [-0.1, -0.05) is 42.5 Å². The third-order valence-electron chi connectivity index (χ3n) is 5.43. The zero-order chi connectivity index (χ0) is 23.9. The Balaban J connectivity index is 1.41. The third kappa shape index (κ3) is 5.40. The number of thioether (sulfide) groups is 1. The van der Waals surface area contributed by atoms with E-state index in [1.807, 2.05) is 47.4 Å². The number of nitrogens with zero attached hydrogens (tertiary/aromatic N) is 2. The maximum absolute atomic E-state index is 12.6. The van der Waals surface area contributed by atoms with Crippen LogP contribution >= 0.6 is 11.8 Å². The van der Waals surface area contributed by atoms with Gasteiger partial charge in [0.15, 0.2) is 0 Å². The van der Waals surface area contributed by atoms with Crippen LogP contribution in [0.15, 0.2) is 77.9 Å². The number of rotatable bonds is 8. The standard InChI is InChI=1S/C26H25N3O4S/c1-32-22-12-13-23(33-2)21(14-22)15-27-28-25(31)19-8-10-20(11-9-19)26-29(24(30)17-34-26)16-18-6-4-3-5-7-18/h3-15,26H,16-17H2,1-2H3,(H,28,31)/b27-15-/t26-/m0/s1. The summed E-state index contributed by atoms with van der Waals surface area (Å²) in [4.78, 5) is 26.9. The summed E-state index contributed by atoms with van der Waals surface area (Å²) < 4.78 is 10.5. The van der Waals surface area contributed by atoms with E-state index in [9.17, 15) is 9.59 Å². The number of amides is 2. The first-order valence-electron chi connectivity index (χ1n) is 10.7. The molecule has 174 valence electrons. The van der Waals surface area contributed by atoms with E-state index in [1.165, 1.54) is 6.21 Å². The van der Waals surface area contributed by atoms with Gasteiger partial charge in [0.05, 0.1) is 26.2 Å². The van der Waals surface area contributed by atoms with Gasteiger partial charge < -0.3 is 14.4 Å². The van der Waals surface area contributed by atoms with Crippen LogP contribution in [0.3, 0.4) is 0 Å². The molecule has 7 nitrogen and oxygen atoms in total. The van der Waals surface area contributed by atoms with E-state index in [2.05, 4.69) is 10.5 Å². The Morgan fingerprint density at radius 3 is 2.56 bits per heavy atom. The molecule has 1 heterocycles. The van der Waals surface area contributed by atoms with Crippen LogP contribution in [0.5, 0.6) is 11.5 Å². The Morgan fingerprint density at radius 1 is 1.09 bits per heavy atom. The zero-order valence-corrected chi connectivity index (χ0v) is 19.7. The summed E-state index contributed by atoms with van der Waals surface area (Å²) in [6.07, 6.45) is 1.51. The van der Waals surface area contributed by atoms with Crippen molar-refractivity contribution >= 4 is 29.8 Å². The van der Waals surface area contributed by atoms with Crippen LogP contribution in [0.4, 0.5) is 0 Å². The monoisotopic (exact) mass is 475 g/mol. The summed E-state index contributed by atoms with van der Waals surface area (Å²) >= 11 is 1.59. The van der Waals surface area contributed by atoms with Gasteiger partial charge in [0.2, 0.25) is 5.91 Å². The number of hydrazone groups is 1. The van der Waals surface area contributed by atoms with Gasteiger partial charge in [0.1, 0.15) is 16.9 Å². The molecule has 3 aromatic carbocycles. The average Bonchev–Trinajstić information content (AvgIpc) is 3.24. The molecule has 0 radical (unpaired) electrons. The molecule has 0 spiro atoms. The number of ether oxygens (including phenoxy) is 2. The first kappa shape index (κ1) is 23.4. The maximum atomic E-state index is 12.6. The molecule has 34 heavy (non-hydrogen) atoms. The summed E-state index contributed by atoms with van der Waals surface area (Å²) in [6, 6.07) is 22.5. The molecule has 0 aliphatic carbocycles. The summed E-state index contributed by atoms with van der Waals surface area (Å²) in [6.45, 7) is 0.558. The lowest BCUT2D eigenvalue weighted by Gasteiger charge is -2.24. The first-order valence-corrected chi connectivity index (χ1v) is 11.7. The van der Waals surface area contributed by atoms with Crippen molar-refractivity contribution in [2.24, 2.45) is 5.10 Å². The SMILES string of the molecule is COc1ccc(OC)c(/C=N\NC(=O)c2ccc([C@@H]3SCC(=O)N3Cc3ccccc3)cc2)c1. The fourth-order valence-electron chi connectivity index (χ4n) is 3.65. The molecule has 0 aromatic heterocycles. The number of hydrogen-bond acceptors (Lipinski definition) is 6. The van der Waals surface area contributed by atoms with Crippen molar-refractivity contribution < 1.29 is 19.1 Å². The van der Waals surface area contributed by atoms with E-state index >= 15 is 0 Å². The molecule has 0 saturated carbocycles. The van der Waals surface area contributed by atoms with Crippen LogP contribution < -0.4 is 14.9 Å². The van der Waals surface area contributed by atoms with Crippen LogP contribution in [0.25, 0.3) is 0 Å². The molecular formula is C26H25N3O4S.